The molecular formula is C21H37IN4O. The maximum absolute atomic E-state index is 6.07. The first-order valence-electron chi connectivity index (χ1n) is 10.1. The van der Waals surface area contributed by atoms with Crippen molar-refractivity contribution < 1.29 is 4.74 Å². The van der Waals surface area contributed by atoms with Gasteiger partial charge in [0.05, 0.1) is 6.10 Å². The van der Waals surface area contributed by atoms with Gasteiger partial charge in [0.2, 0.25) is 0 Å². The van der Waals surface area contributed by atoms with E-state index < -0.39 is 0 Å². The zero-order valence-corrected chi connectivity index (χ0v) is 19.3. The number of ether oxygens (including phenoxy) is 1. The number of benzene rings is 1. The summed E-state index contributed by atoms with van der Waals surface area (Å²) in [6.45, 7) is 8.22. The molecule has 6 heteroatoms. The molecule has 0 saturated carbocycles. The van der Waals surface area contributed by atoms with Gasteiger partial charge in [-0.3, -0.25) is 9.89 Å². The third kappa shape index (κ3) is 10.3. The average Bonchev–Trinajstić information content (AvgIpc) is 2.68. The molecule has 0 unspecified atom stereocenters. The predicted molar refractivity (Wildman–Crippen MR) is 125 cm³/mol. The first kappa shape index (κ1) is 24.2. The van der Waals surface area contributed by atoms with Crippen LogP contribution in [0.1, 0.15) is 44.6 Å². The summed E-state index contributed by atoms with van der Waals surface area (Å²) >= 11 is 0. The fourth-order valence-corrected chi connectivity index (χ4v) is 3.21. The summed E-state index contributed by atoms with van der Waals surface area (Å²) in [5.41, 5.74) is 1.40. The molecular weight excluding hydrogens is 451 g/mol. The maximum atomic E-state index is 6.07. The Morgan fingerprint density at radius 1 is 1.11 bits per heavy atom. The number of nitrogens with one attached hydrogen (secondary N) is 2. The van der Waals surface area contributed by atoms with Gasteiger partial charge in [0.25, 0.3) is 0 Å². The second-order valence-electron chi connectivity index (χ2n) is 6.96. The lowest BCUT2D eigenvalue weighted by atomic mass is 10.1. The summed E-state index contributed by atoms with van der Waals surface area (Å²) in [7, 11) is 1.82. The Kier molecular flexibility index (Phi) is 13.5. The van der Waals surface area contributed by atoms with E-state index in [1.807, 2.05) is 7.05 Å². The highest BCUT2D eigenvalue weighted by Crippen LogP contribution is 2.16. The lowest BCUT2D eigenvalue weighted by Gasteiger charge is -2.32. The van der Waals surface area contributed by atoms with Crippen molar-refractivity contribution in [2.24, 2.45) is 4.99 Å². The molecule has 1 saturated heterocycles. The van der Waals surface area contributed by atoms with Crippen LogP contribution in [0, 0.1) is 0 Å². The number of halogens is 1. The Labute approximate surface area is 182 Å². The van der Waals surface area contributed by atoms with Crippen molar-refractivity contribution in [3.05, 3.63) is 35.9 Å². The lowest BCUT2D eigenvalue weighted by molar-refractivity contribution is 0.00534. The van der Waals surface area contributed by atoms with Crippen LogP contribution in [-0.2, 0) is 11.3 Å². The van der Waals surface area contributed by atoms with Gasteiger partial charge in [0, 0.05) is 46.4 Å². The summed E-state index contributed by atoms with van der Waals surface area (Å²) < 4.78 is 6.07. The van der Waals surface area contributed by atoms with Crippen LogP contribution in [0.15, 0.2) is 35.3 Å². The molecule has 1 aliphatic rings. The van der Waals surface area contributed by atoms with Crippen molar-refractivity contribution in [1.82, 2.24) is 15.5 Å². The van der Waals surface area contributed by atoms with Crippen molar-refractivity contribution in [2.75, 3.05) is 39.8 Å². The van der Waals surface area contributed by atoms with E-state index in [0.29, 0.717) is 6.10 Å². The topological polar surface area (TPSA) is 48.9 Å². The number of hydrogen-bond acceptors (Lipinski definition) is 3. The van der Waals surface area contributed by atoms with E-state index in [4.69, 9.17) is 4.74 Å². The molecule has 2 N–H and O–H groups in total. The molecule has 1 aromatic carbocycles. The van der Waals surface area contributed by atoms with Gasteiger partial charge in [0.15, 0.2) is 5.96 Å². The van der Waals surface area contributed by atoms with Gasteiger partial charge in [-0.15, -0.1) is 24.0 Å². The zero-order valence-electron chi connectivity index (χ0n) is 17.0. The van der Waals surface area contributed by atoms with Gasteiger partial charge in [-0.25, -0.2) is 0 Å². The summed E-state index contributed by atoms with van der Waals surface area (Å²) in [5.74, 6) is 0.896. The molecule has 0 spiro atoms. The maximum Gasteiger partial charge on any atom is 0.190 e. The van der Waals surface area contributed by atoms with E-state index in [0.717, 1.165) is 64.6 Å². The van der Waals surface area contributed by atoms with E-state index >= 15 is 0 Å². The number of guanidine groups is 1. The second kappa shape index (κ2) is 15.1. The van der Waals surface area contributed by atoms with E-state index in [2.05, 4.69) is 57.8 Å². The molecule has 2 rings (SSSR count). The number of rotatable bonds is 10. The van der Waals surface area contributed by atoms with Gasteiger partial charge in [-0.2, -0.15) is 0 Å². The quantitative estimate of drug-likeness (QED) is 0.229. The van der Waals surface area contributed by atoms with Crippen molar-refractivity contribution in [3.63, 3.8) is 0 Å². The van der Waals surface area contributed by atoms with Gasteiger partial charge in [-0.1, -0.05) is 43.7 Å². The molecule has 27 heavy (non-hydrogen) atoms. The van der Waals surface area contributed by atoms with Crippen LogP contribution in [0.3, 0.4) is 0 Å². The molecule has 0 aromatic heterocycles. The first-order valence-corrected chi connectivity index (χ1v) is 10.1. The molecule has 154 valence electrons. The van der Waals surface area contributed by atoms with Crippen molar-refractivity contribution in [2.45, 2.75) is 51.7 Å². The Bertz CT molecular complexity index is 504. The summed E-state index contributed by atoms with van der Waals surface area (Å²) in [6, 6.07) is 10.7. The number of hydrogen-bond donors (Lipinski definition) is 2. The lowest BCUT2D eigenvalue weighted by Crippen LogP contribution is -2.39. The summed E-state index contributed by atoms with van der Waals surface area (Å²) in [6.07, 6.45) is 6.08. The third-order valence-corrected chi connectivity index (χ3v) is 4.80. The Hall–Kier alpha value is -0.860. The van der Waals surface area contributed by atoms with Gasteiger partial charge in [-0.05, 0) is 31.2 Å². The van der Waals surface area contributed by atoms with Crippen LogP contribution >= 0.6 is 24.0 Å². The van der Waals surface area contributed by atoms with Crippen molar-refractivity contribution in [3.8, 4) is 0 Å². The van der Waals surface area contributed by atoms with E-state index in [1.54, 1.807) is 0 Å². The van der Waals surface area contributed by atoms with Crippen molar-refractivity contribution in [1.29, 1.82) is 0 Å². The Morgan fingerprint density at radius 2 is 1.78 bits per heavy atom. The third-order valence-electron chi connectivity index (χ3n) is 4.80. The summed E-state index contributed by atoms with van der Waals surface area (Å²) in [5, 5.41) is 6.68. The number of aliphatic imine (C=N–C) groups is 1. The first-order chi connectivity index (χ1) is 12.8. The predicted octanol–water partition coefficient (Wildman–Crippen LogP) is 3.64. The number of piperidine rings is 1. The van der Waals surface area contributed by atoms with Gasteiger partial charge < -0.3 is 15.4 Å². The summed E-state index contributed by atoms with van der Waals surface area (Å²) in [4.78, 5) is 6.77. The zero-order chi connectivity index (χ0) is 18.5. The normalized spacial score (nSPS) is 16.0. The molecule has 1 fully saturated rings. The smallest absolute Gasteiger partial charge is 0.190 e. The molecule has 1 aromatic rings. The minimum Gasteiger partial charge on any atom is -0.378 e. The minimum atomic E-state index is 0. The minimum absolute atomic E-state index is 0. The van der Waals surface area contributed by atoms with Crippen LogP contribution in [0.2, 0.25) is 0 Å². The molecule has 1 aliphatic heterocycles. The highest BCUT2D eigenvalue weighted by Gasteiger charge is 2.19. The molecule has 0 amide bonds. The number of likely N-dealkylation sites (tertiary alicyclic amines) is 1. The highest BCUT2D eigenvalue weighted by atomic mass is 127. The molecule has 0 bridgehead atoms. The van der Waals surface area contributed by atoms with E-state index in [-0.39, 0.29) is 24.0 Å². The molecule has 0 radical (unpaired) electrons. The Morgan fingerprint density at radius 3 is 2.41 bits per heavy atom. The van der Waals surface area contributed by atoms with E-state index in [9.17, 15) is 0 Å². The standard InChI is InChI=1S/C21H36N4O.HI/c1-3-4-13-23-21(22-2)24-14-8-17-26-20-11-15-25(16-12-20)18-19-9-6-5-7-10-19;/h5-7,9-10,20H,3-4,8,11-18H2,1-2H3,(H2,22,23,24);1H. The number of unbranched alkanes of at least 4 members (excludes halogenated alkanes) is 1. The fourth-order valence-electron chi connectivity index (χ4n) is 3.21. The van der Waals surface area contributed by atoms with Crippen molar-refractivity contribution >= 4 is 29.9 Å². The van der Waals surface area contributed by atoms with Crippen LogP contribution in [0.5, 0.6) is 0 Å². The fraction of sp³-hybridized carbons (Fsp3) is 0.667. The molecule has 0 atom stereocenters. The van der Waals surface area contributed by atoms with Crippen LogP contribution in [0.25, 0.3) is 0 Å². The van der Waals surface area contributed by atoms with Crippen LogP contribution in [0.4, 0.5) is 0 Å². The monoisotopic (exact) mass is 488 g/mol. The van der Waals surface area contributed by atoms with E-state index in [1.165, 1.54) is 18.4 Å². The number of nitrogens with zero attached hydrogens (tertiary/aromatic N) is 2. The molecule has 0 aliphatic carbocycles. The average molecular weight is 488 g/mol. The van der Waals surface area contributed by atoms with Gasteiger partial charge >= 0.3 is 0 Å². The SMILES string of the molecule is CCCCNC(=NC)NCCCOC1CCN(Cc2ccccc2)CC1.I. The highest BCUT2D eigenvalue weighted by molar-refractivity contribution is 14.0. The Balaban J connectivity index is 0.00000364. The molecule has 5 nitrogen and oxygen atoms in total. The largest absolute Gasteiger partial charge is 0.378 e. The van der Waals surface area contributed by atoms with Crippen LogP contribution in [-0.4, -0.2) is 56.8 Å². The van der Waals surface area contributed by atoms with Crippen LogP contribution < -0.4 is 10.6 Å². The van der Waals surface area contributed by atoms with Gasteiger partial charge in [0.1, 0.15) is 0 Å². The second-order valence-corrected chi connectivity index (χ2v) is 6.96. The molecule has 1 heterocycles.